The van der Waals surface area contributed by atoms with Crippen LogP contribution < -0.4 is 14.8 Å². The zero-order valence-corrected chi connectivity index (χ0v) is 19.0. The standard InChI is InChI=1S/C21H18FN3O6S2/c1-31-20-10-5-14(11-18(20)24-33(29,30)16-7-3-13(22)4-8-16)23-21(26)17-12-15(32-2)6-9-19(17)25(27)28/h3-12,24H,1-2H3,(H,23,26). The first-order valence-corrected chi connectivity index (χ1v) is 12.0. The molecule has 172 valence electrons. The lowest BCUT2D eigenvalue weighted by Gasteiger charge is -2.14. The maximum Gasteiger partial charge on any atom is 0.282 e. The summed E-state index contributed by atoms with van der Waals surface area (Å²) >= 11 is 1.32. The van der Waals surface area contributed by atoms with Crippen LogP contribution in [-0.4, -0.2) is 32.6 Å². The quantitative estimate of drug-likeness (QED) is 0.269. The van der Waals surface area contributed by atoms with Gasteiger partial charge in [-0.05, 0) is 60.9 Å². The predicted octanol–water partition coefficient (Wildman–Crippen LogP) is 4.52. The van der Waals surface area contributed by atoms with Crippen molar-refractivity contribution in [2.45, 2.75) is 9.79 Å². The highest BCUT2D eigenvalue weighted by Gasteiger charge is 2.22. The molecule has 0 aliphatic rings. The van der Waals surface area contributed by atoms with Gasteiger partial charge in [0.15, 0.2) is 0 Å². The van der Waals surface area contributed by atoms with Crippen molar-refractivity contribution in [1.82, 2.24) is 0 Å². The van der Waals surface area contributed by atoms with Gasteiger partial charge in [-0.1, -0.05) is 0 Å². The van der Waals surface area contributed by atoms with Gasteiger partial charge in [0.05, 0.1) is 22.6 Å². The first kappa shape index (κ1) is 24.0. The Morgan fingerprint density at radius 3 is 2.39 bits per heavy atom. The van der Waals surface area contributed by atoms with Crippen molar-refractivity contribution >= 4 is 44.8 Å². The Morgan fingerprint density at radius 1 is 1.09 bits per heavy atom. The van der Waals surface area contributed by atoms with Crippen LogP contribution in [0.4, 0.5) is 21.5 Å². The van der Waals surface area contributed by atoms with Gasteiger partial charge in [0.2, 0.25) is 0 Å². The smallest absolute Gasteiger partial charge is 0.282 e. The van der Waals surface area contributed by atoms with E-state index < -0.39 is 26.7 Å². The van der Waals surface area contributed by atoms with E-state index in [1.807, 2.05) is 0 Å². The van der Waals surface area contributed by atoms with E-state index in [-0.39, 0.29) is 33.3 Å². The second-order valence-corrected chi connectivity index (χ2v) is 9.13. The van der Waals surface area contributed by atoms with E-state index >= 15 is 0 Å². The molecule has 0 fully saturated rings. The van der Waals surface area contributed by atoms with Crippen LogP contribution in [0.25, 0.3) is 0 Å². The largest absolute Gasteiger partial charge is 0.495 e. The topological polar surface area (TPSA) is 128 Å². The van der Waals surface area contributed by atoms with Crippen molar-refractivity contribution in [2.75, 3.05) is 23.4 Å². The number of amides is 1. The molecule has 0 aliphatic carbocycles. The Kier molecular flexibility index (Phi) is 7.19. The molecule has 9 nitrogen and oxygen atoms in total. The SMILES string of the molecule is COc1ccc(NC(=O)c2cc(SC)ccc2[N+](=O)[O-])cc1NS(=O)(=O)c1ccc(F)cc1. The number of carbonyl (C=O) groups excluding carboxylic acids is 1. The third-order valence-electron chi connectivity index (χ3n) is 4.47. The lowest BCUT2D eigenvalue weighted by Crippen LogP contribution is -2.16. The van der Waals surface area contributed by atoms with Gasteiger partial charge in [-0.2, -0.15) is 0 Å². The minimum atomic E-state index is -4.09. The van der Waals surface area contributed by atoms with Gasteiger partial charge in [-0.15, -0.1) is 11.8 Å². The lowest BCUT2D eigenvalue weighted by atomic mass is 10.1. The normalized spacial score (nSPS) is 11.0. The van der Waals surface area contributed by atoms with Crippen LogP contribution in [0.1, 0.15) is 10.4 Å². The molecular weight excluding hydrogens is 473 g/mol. The molecule has 0 bridgehead atoms. The number of sulfonamides is 1. The van der Waals surface area contributed by atoms with Crippen LogP contribution >= 0.6 is 11.8 Å². The number of ether oxygens (including phenoxy) is 1. The molecule has 0 heterocycles. The summed E-state index contributed by atoms with van der Waals surface area (Å²) in [6, 6.07) is 12.6. The number of nitrogens with zero attached hydrogens (tertiary/aromatic N) is 1. The number of benzene rings is 3. The molecule has 0 saturated carbocycles. The third-order valence-corrected chi connectivity index (χ3v) is 6.58. The molecule has 1 amide bonds. The Balaban J connectivity index is 1.92. The number of nitro groups is 1. The first-order valence-electron chi connectivity index (χ1n) is 9.25. The van der Waals surface area contributed by atoms with Gasteiger partial charge in [0.1, 0.15) is 17.1 Å². The van der Waals surface area contributed by atoms with Crippen LogP contribution in [0.15, 0.2) is 70.5 Å². The number of thioether (sulfide) groups is 1. The molecule has 0 atom stereocenters. The molecule has 3 aromatic rings. The molecule has 0 spiro atoms. The summed E-state index contributed by atoms with van der Waals surface area (Å²) in [6.45, 7) is 0. The van der Waals surface area contributed by atoms with Crippen molar-refractivity contribution in [2.24, 2.45) is 0 Å². The number of nitro benzene ring substituents is 1. The molecule has 0 aromatic heterocycles. The van der Waals surface area contributed by atoms with Gasteiger partial charge < -0.3 is 10.1 Å². The first-order chi connectivity index (χ1) is 15.6. The number of hydrogen-bond acceptors (Lipinski definition) is 7. The minimum absolute atomic E-state index is 0.00647. The lowest BCUT2D eigenvalue weighted by molar-refractivity contribution is -0.385. The van der Waals surface area contributed by atoms with Crippen molar-refractivity contribution in [3.05, 3.63) is 82.2 Å². The van der Waals surface area contributed by atoms with Crippen LogP contribution in [0.5, 0.6) is 5.75 Å². The molecule has 12 heteroatoms. The fourth-order valence-corrected chi connectivity index (χ4v) is 4.37. The maximum atomic E-state index is 13.1. The fourth-order valence-electron chi connectivity index (χ4n) is 2.86. The Hall–Kier alpha value is -3.64. The monoisotopic (exact) mass is 491 g/mol. The molecule has 2 N–H and O–H groups in total. The average Bonchev–Trinajstić information content (AvgIpc) is 2.78. The summed E-state index contributed by atoms with van der Waals surface area (Å²) in [4.78, 5) is 23.9. The summed E-state index contributed by atoms with van der Waals surface area (Å²) in [5, 5.41) is 13.9. The van der Waals surface area contributed by atoms with Crippen molar-refractivity contribution in [3.8, 4) is 5.75 Å². The Labute approximate surface area is 193 Å². The van der Waals surface area contributed by atoms with E-state index in [4.69, 9.17) is 4.74 Å². The van der Waals surface area contributed by atoms with E-state index in [1.54, 1.807) is 6.26 Å². The van der Waals surface area contributed by atoms with Gasteiger partial charge in [0.25, 0.3) is 21.6 Å². The molecule has 3 aromatic carbocycles. The van der Waals surface area contributed by atoms with E-state index in [1.165, 1.54) is 55.3 Å². The predicted molar refractivity (Wildman–Crippen MR) is 123 cm³/mol. The van der Waals surface area contributed by atoms with Gasteiger partial charge in [0, 0.05) is 16.6 Å². The minimum Gasteiger partial charge on any atom is -0.495 e. The van der Waals surface area contributed by atoms with E-state index in [0.29, 0.717) is 4.90 Å². The summed E-state index contributed by atoms with van der Waals surface area (Å²) < 4.78 is 46.0. The van der Waals surface area contributed by atoms with Crippen LogP contribution in [0.3, 0.4) is 0 Å². The molecule has 0 unspecified atom stereocenters. The summed E-state index contributed by atoms with van der Waals surface area (Å²) in [7, 11) is -2.75. The van der Waals surface area contributed by atoms with E-state index in [2.05, 4.69) is 10.0 Å². The zero-order chi connectivity index (χ0) is 24.2. The van der Waals surface area contributed by atoms with E-state index in [9.17, 15) is 27.7 Å². The summed E-state index contributed by atoms with van der Waals surface area (Å²) in [5.74, 6) is -1.17. The molecule has 33 heavy (non-hydrogen) atoms. The number of nitrogens with one attached hydrogen (secondary N) is 2. The number of halogens is 1. The van der Waals surface area contributed by atoms with Crippen LogP contribution in [0.2, 0.25) is 0 Å². The highest BCUT2D eigenvalue weighted by molar-refractivity contribution is 7.98. The number of methoxy groups -OCH3 is 1. The number of carbonyl (C=O) groups is 1. The number of anilines is 2. The molecule has 0 aliphatic heterocycles. The highest BCUT2D eigenvalue weighted by Crippen LogP contribution is 2.31. The molecular formula is C21H18FN3O6S2. The number of hydrogen-bond donors (Lipinski definition) is 2. The zero-order valence-electron chi connectivity index (χ0n) is 17.4. The highest BCUT2D eigenvalue weighted by atomic mass is 32.2. The van der Waals surface area contributed by atoms with Gasteiger partial charge in [-0.3, -0.25) is 19.6 Å². The fraction of sp³-hybridized carbons (Fsp3) is 0.0952. The summed E-state index contributed by atoms with van der Waals surface area (Å²) in [6.07, 6.45) is 1.77. The molecule has 3 rings (SSSR count). The van der Waals surface area contributed by atoms with E-state index in [0.717, 1.165) is 24.3 Å². The van der Waals surface area contributed by atoms with Gasteiger partial charge in [-0.25, -0.2) is 12.8 Å². The molecule has 0 radical (unpaired) electrons. The third kappa shape index (κ3) is 5.59. The van der Waals surface area contributed by atoms with Crippen molar-refractivity contribution in [1.29, 1.82) is 0 Å². The second-order valence-electron chi connectivity index (χ2n) is 6.57. The Morgan fingerprint density at radius 2 is 1.79 bits per heavy atom. The molecule has 0 saturated heterocycles. The van der Waals surface area contributed by atoms with Crippen molar-refractivity contribution < 1.29 is 27.3 Å². The number of rotatable bonds is 8. The Bertz CT molecular complexity index is 1310. The maximum absolute atomic E-state index is 13.1. The van der Waals surface area contributed by atoms with Gasteiger partial charge >= 0.3 is 0 Å². The summed E-state index contributed by atoms with van der Waals surface area (Å²) in [5.41, 5.74) is -0.333. The van der Waals surface area contributed by atoms with Crippen LogP contribution in [-0.2, 0) is 10.0 Å². The van der Waals surface area contributed by atoms with Crippen molar-refractivity contribution in [3.63, 3.8) is 0 Å². The average molecular weight is 492 g/mol. The van der Waals surface area contributed by atoms with Crippen LogP contribution in [0, 0.1) is 15.9 Å². The second kappa shape index (κ2) is 9.88.